The average molecular weight is 364 g/mol. The van der Waals surface area contributed by atoms with Crippen molar-refractivity contribution in [3.05, 3.63) is 0 Å². The molecule has 0 amide bonds. The maximum atomic E-state index is 8.55. The van der Waals surface area contributed by atoms with Gasteiger partial charge >= 0.3 is 113 Å². The van der Waals surface area contributed by atoms with E-state index in [0.717, 1.165) is 0 Å². The summed E-state index contributed by atoms with van der Waals surface area (Å²) < 4.78 is 8.55. The van der Waals surface area contributed by atoms with Gasteiger partial charge in [0.2, 0.25) is 0 Å². The van der Waals surface area contributed by atoms with Crippen LogP contribution >= 0.6 is 7.82 Å². The van der Waals surface area contributed by atoms with Crippen molar-refractivity contribution in [2.24, 2.45) is 0 Å². The van der Waals surface area contributed by atoms with Crippen LogP contribution in [0.25, 0.3) is 0 Å². The molecule has 0 aliphatic rings. The molecule has 0 aromatic carbocycles. The number of rotatable bonds is 0. The predicted molar refractivity (Wildman–Crippen MR) is 19.1 cm³/mol. The Morgan fingerprint density at radius 3 is 1.12 bits per heavy atom. The fraction of sp³-hybridized carbons (Fsp3) is 0. The van der Waals surface area contributed by atoms with Crippen molar-refractivity contribution in [1.29, 1.82) is 0 Å². The monoisotopic (exact) mass is 363 g/mol. The van der Waals surface area contributed by atoms with Crippen LogP contribution in [0.4, 0.5) is 0 Å². The molecule has 0 bridgehead atoms. The van der Waals surface area contributed by atoms with E-state index < -0.39 is 7.82 Å². The molecule has 0 unspecified atom stereocenters. The Labute approximate surface area is 136 Å². The fourth-order valence-electron chi connectivity index (χ4n) is 0. The van der Waals surface area contributed by atoms with E-state index in [4.69, 9.17) is 19.2 Å². The first-order valence-corrected chi connectivity index (χ1v) is 2.19. The van der Waals surface area contributed by atoms with E-state index in [2.05, 4.69) is 0 Å². The molecule has 0 fully saturated rings. The van der Waals surface area contributed by atoms with Crippen molar-refractivity contribution in [3.8, 4) is 0 Å². The van der Waals surface area contributed by atoms with Crippen LogP contribution < -0.4 is 14.7 Å². The van der Waals surface area contributed by atoms with Crippen LogP contribution in [0.3, 0.4) is 0 Å². The molecule has 0 radical (unpaired) electrons. The molecule has 0 spiro atoms. The van der Waals surface area contributed by atoms with E-state index in [1.807, 2.05) is 0 Å². The molecule has 0 aromatic heterocycles. The van der Waals surface area contributed by atoms with E-state index in [1.54, 1.807) is 0 Å². The van der Waals surface area contributed by atoms with Gasteiger partial charge in [-0.3, -0.25) is 0 Å². The van der Waals surface area contributed by atoms with Gasteiger partial charge in [0, 0.05) is 0 Å². The summed E-state index contributed by atoms with van der Waals surface area (Å²) in [5.41, 5.74) is 0. The predicted octanol–water partition coefficient (Wildman–Crippen LogP) is -3.59. The minimum atomic E-state index is -5.39. The van der Waals surface area contributed by atoms with Gasteiger partial charge in [-0.2, -0.15) is 7.82 Å². The van der Waals surface area contributed by atoms with Gasteiger partial charge in [0.25, 0.3) is 0 Å². The van der Waals surface area contributed by atoms with Crippen molar-refractivity contribution in [1.82, 2.24) is 0 Å². The van der Waals surface area contributed by atoms with Crippen LogP contribution in [0.2, 0.25) is 0 Å². The molecule has 0 aliphatic heterocycles. The minimum Gasteiger partial charge on any atom is -0.822 e. The maximum absolute atomic E-state index is 8.55. The Morgan fingerprint density at radius 1 is 1.12 bits per heavy atom. The Hall–Kier alpha value is 3.82. The number of hydrogen-bond donors (Lipinski definition) is 0. The van der Waals surface area contributed by atoms with Crippen LogP contribution in [-0.4, -0.2) is 86.6 Å². The largest absolute Gasteiger partial charge is 2.00 e. The van der Waals surface area contributed by atoms with Gasteiger partial charge in [0.05, 0.1) is 0 Å². The molecule has 0 aromatic rings. The molecule has 8 heavy (non-hydrogen) atoms. The molecule has 4 nitrogen and oxygen atoms in total. The quantitative estimate of drug-likeness (QED) is 0.329. The van der Waals surface area contributed by atoms with E-state index in [0.29, 0.717) is 0 Å². The van der Waals surface area contributed by atoms with Gasteiger partial charge in [-0.25, -0.2) is 0 Å². The van der Waals surface area contributed by atoms with Gasteiger partial charge in [0.1, 0.15) is 0 Å². The molecule has 0 saturated carbocycles. The van der Waals surface area contributed by atoms with E-state index in [-0.39, 0.29) is 113 Å². The summed E-state index contributed by atoms with van der Waals surface area (Å²) in [6.07, 6.45) is 0. The zero-order valence-electron chi connectivity index (χ0n) is 3.99. The first-order chi connectivity index (χ1) is 2.00. The molecular weight excluding hydrogens is 364 g/mol. The molecule has 0 N–H and O–H groups in total. The number of hydrogen-bond acceptors (Lipinski definition) is 4. The van der Waals surface area contributed by atoms with Crippen LogP contribution in [0.5, 0.6) is 0 Å². The van der Waals surface area contributed by atoms with E-state index >= 15 is 0 Å². The summed E-state index contributed by atoms with van der Waals surface area (Å²) in [6.45, 7) is 0. The summed E-state index contributed by atoms with van der Waals surface area (Å²) in [4.78, 5) is 25.6. The first kappa shape index (κ1) is 22.6. The van der Waals surface area contributed by atoms with Crippen molar-refractivity contribution in [2.45, 2.75) is 0 Å². The van der Waals surface area contributed by atoms with E-state index in [9.17, 15) is 0 Å². The second-order valence-corrected chi connectivity index (χ2v) is 1.34. The minimum absolute atomic E-state index is 0. The maximum Gasteiger partial charge on any atom is 2.00 e. The molecule has 0 aliphatic carbocycles. The Balaban J connectivity index is -0.0000000267. The van der Waals surface area contributed by atoms with Crippen molar-refractivity contribution >= 4 is 94.4 Å². The summed E-state index contributed by atoms with van der Waals surface area (Å²) in [5, 5.41) is 0. The van der Waals surface area contributed by atoms with Gasteiger partial charge in [0.15, 0.2) is 0 Å². The zero-order valence-corrected chi connectivity index (χ0v) is 14.0. The molecule has 0 rings (SSSR count). The van der Waals surface area contributed by atoms with Crippen LogP contribution in [0, 0.1) is 0 Å². The third-order valence-corrected chi connectivity index (χ3v) is 0. The Kier molecular flexibility index (Phi) is 30.6. The molecular formula is BaCaO4PZr+3. The SMILES string of the molecule is O=P([O-])([O-])[O-].[Ba+2].[Ca+2].[Zr+2]. The second-order valence-electron chi connectivity index (χ2n) is 0.447. The van der Waals surface area contributed by atoms with Gasteiger partial charge in [-0.15, -0.1) is 0 Å². The fourth-order valence-corrected chi connectivity index (χ4v) is 0. The summed E-state index contributed by atoms with van der Waals surface area (Å²) in [7, 11) is -5.39. The van der Waals surface area contributed by atoms with Crippen molar-refractivity contribution < 1.29 is 45.4 Å². The summed E-state index contributed by atoms with van der Waals surface area (Å²) >= 11 is 0. The van der Waals surface area contributed by atoms with Crippen molar-refractivity contribution in [3.63, 3.8) is 0 Å². The van der Waals surface area contributed by atoms with Crippen LogP contribution in [0.1, 0.15) is 0 Å². The Morgan fingerprint density at radius 2 is 1.12 bits per heavy atom. The molecule has 0 atom stereocenters. The van der Waals surface area contributed by atoms with Gasteiger partial charge < -0.3 is 19.2 Å². The number of phosphoric acid groups is 1. The molecule has 34 valence electrons. The van der Waals surface area contributed by atoms with Gasteiger partial charge in [-0.05, 0) is 0 Å². The standard InChI is InChI=1S/Ba.Ca.H3O4P.Zr/c;;1-5(2,3)4;/h;;(H3,1,2,3,4);/q2*+2;;+2/p-3. The Bertz CT molecular complexity index is 62.2. The third-order valence-electron chi connectivity index (χ3n) is 0. The normalized spacial score (nSPS) is 7.38. The van der Waals surface area contributed by atoms with Crippen LogP contribution in [-0.2, 0) is 30.8 Å². The molecule has 0 heterocycles. The summed E-state index contributed by atoms with van der Waals surface area (Å²) in [5.74, 6) is 0. The van der Waals surface area contributed by atoms with E-state index in [1.165, 1.54) is 0 Å². The summed E-state index contributed by atoms with van der Waals surface area (Å²) in [6, 6.07) is 0. The van der Waals surface area contributed by atoms with Gasteiger partial charge in [-0.1, -0.05) is 0 Å². The third kappa shape index (κ3) is 52.3. The smallest absolute Gasteiger partial charge is 0.822 e. The zero-order chi connectivity index (χ0) is 4.50. The first-order valence-electron chi connectivity index (χ1n) is 0.730. The molecule has 0 saturated heterocycles. The average Bonchev–Trinajstić information content (AvgIpc) is 0.722. The topological polar surface area (TPSA) is 86.2 Å². The van der Waals surface area contributed by atoms with Crippen molar-refractivity contribution in [2.75, 3.05) is 0 Å². The molecule has 8 heteroatoms. The van der Waals surface area contributed by atoms with Crippen LogP contribution in [0.15, 0.2) is 0 Å². The second kappa shape index (κ2) is 10.8.